The molecule has 0 saturated carbocycles. The lowest BCUT2D eigenvalue weighted by molar-refractivity contribution is -0.135. The SMILES string of the molecule is FC(F)(F)CCCCCOc1nsnc1-c1ccccn1. The molecule has 0 atom stereocenters. The third-order valence-corrected chi connectivity index (χ3v) is 3.22. The third kappa shape index (κ3) is 5.30. The summed E-state index contributed by atoms with van der Waals surface area (Å²) in [5.74, 6) is 0.384. The van der Waals surface area contributed by atoms with Gasteiger partial charge in [-0.3, -0.25) is 4.98 Å². The Bertz CT molecular complexity index is 545. The summed E-state index contributed by atoms with van der Waals surface area (Å²) in [5, 5.41) is 0. The van der Waals surface area contributed by atoms with E-state index in [-0.39, 0.29) is 6.42 Å². The zero-order chi connectivity index (χ0) is 15.1. The third-order valence-electron chi connectivity index (χ3n) is 2.71. The van der Waals surface area contributed by atoms with Crippen LogP contribution < -0.4 is 4.74 Å². The normalized spacial score (nSPS) is 11.6. The number of hydrogen-bond donors (Lipinski definition) is 0. The van der Waals surface area contributed by atoms with Crippen LogP contribution in [0.3, 0.4) is 0 Å². The van der Waals surface area contributed by atoms with E-state index in [4.69, 9.17) is 4.74 Å². The van der Waals surface area contributed by atoms with Crippen molar-refractivity contribution in [1.29, 1.82) is 0 Å². The second kappa shape index (κ2) is 7.35. The van der Waals surface area contributed by atoms with Gasteiger partial charge in [-0.1, -0.05) is 6.07 Å². The van der Waals surface area contributed by atoms with Gasteiger partial charge in [0.2, 0.25) is 0 Å². The van der Waals surface area contributed by atoms with Crippen molar-refractivity contribution in [3.05, 3.63) is 24.4 Å². The summed E-state index contributed by atoms with van der Waals surface area (Å²) in [5.41, 5.74) is 1.23. The average molecular weight is 317 g/mol. The first-order valence-electron chi connectivity index (χ1n) is 6.50. The number of halogens is 3. The zero-order valence-electron chi connectivity index (χ0n) is 11.1. The predicted octanol–water partition coefficient (Wildman–Crippen LogP) is 4.10. The van der Waals surface area contributed by atoms with Crippen LogP contribution in [0.2, 0.25) is 0 Å². The fourth-order valence-electron chi connectivity index (χ4n) is 1.71. The molecule has 0 aliphatic heterocycles. The number of hydrogen-bond acceptors (Lipinski definition) is 5. The summed E-state index contributed by atoms with van der Waals surface area (Å²) in [6.45, 7) is 0.323. The molecule has 0 amide bonds. The summed E-state index contributed by atoms with van der Waals surface area (Å²) < 4.78 is 49.6. The molecule has 8 heteroatoms. The number of nitrogens with zero attached hydrogens (tertiary/aromatic N) is 3. The minimum Gasteiger partial charge on any atom is -0.475 e. The molecule has 0 bridgehead atoms. The molecular formula is C13H14F3N3OS. The molecule has 0 unspecified atom stereocenters. The maximum Gasteiger partial charge on any atom is 0.389 e. The van der Waals surface area contributed by atoms with Crippen molar-refractivity contribution in [1.82, 2.24) is 13.7 Å². The maximum absolute atomic E-state index is 12.0. The van der Waals surface area contributed by atoms with E-state index in [2.05, 4.69) is 13.7 Å². The van der Waals surface area contributed by atoms with Crippen molar-refractivity contribution >= 4 is 11.7 Å². The molecule has 2 aromatic heterocycles. The molecule has 0 saturated heterocycles. The van der Waals surface area contributed by atoms with Crippen molar-refractivity contribution < 1.29 is 17.9 Å². The summed E-state index contributed by atoms with van der Waals surface area (Å²) in [4.78, 5) is 4.17. The summed E-state index contributed by atoms with van der Waals surface area (Å²) in [7, 11) is 0. The van der Waals surface area contributed by atoms with Gasteiger partial charge in [-0.05, 0) is 31.4 Å². The highest BCUT2D eigenvalue weighted by Crippen LogP contribution is 2.26. The first-order chi connectivity index (χ1) is 10.1. The van der Waals surface area contributed by atoms with Crippen LogP contribution in [0.15, 0.2) is 24.4 Å². The molecular weight excluding hydrogens is 303 g/mol. The standard InChI is InChI=1S/C13H14F3N3OS/c14-13(15,16)7-3-1-5-9-20-12-11(18-21-19-12)10-6-2-4-8-17-10/h2,4,6,8H,1,3,5,7,9H2. The second-order valence-corrected chi connectivity index (χ2v) is 4.94. The van der Waals surface area contributed by atoms with E-state index in [0.717, 1.165) is 11.7 Å². The van der Waals surface area contributed by atoms with Gasteiger partial charge in [-0.25, -0.2) is 0 Å². The molecule has 0 aliphatic carbocycles. The molecule has 0 radical (unpaired) electrons. The van der Waals surface area contributed by atoms with Gasteiger partial charge in [0.1, 0.15) is 0 Å². The van der Waals surface area contributed by atoms with Gasteiger partial charge in [0.05, 0.1) is 24.0 Å². The monoisotopic (exact) mass is 317 g/mol. The van der Waals surface area contributed by atoms with Crippen molar-refractivity contribution in [3.8, 4) is 17.3 Å². The number of unbranched alkanes of at least 4 members (excludes halogenated alkanes) is 2. The highest BCUT2D eigenvalue weighted by atomic mass is 32.1. The van der Waals surface area contributed by atoms with Gasteiger partial charge in [0, 0.05) is 12.6 Å². The van der Waals surface area contributed by atoms with E-state index in [1.165, 1.54) is 0 Å². The number of pyridine rings is 1. The number of aromatic nitrogens is 3. The Kier molecular flexibility index (Phi) is 5.49. The Balaban J connectivity index is 1.76. The van der Waals surface area contributed by atoms with Crippen molar-refractivity contribution in [2.45, 2.75) is 31.9 Å². The molecule has 0 N–H and O–H groups in total. The molecule has 114 valence electrons. The first kappa shape index (κ1) is 15.7. The van der Waals surface area contributed by atoms with Crippen LogP contribution in [0.1, 0.15) is 25.7 Å². The molecule has 2 heterocycles. The van der Waals surface area contributed by atoms with Gasteiger partial charge in [-0.2, -0.15) is 17.5 Å². The average Bonchev–Trinajstić information content (AvgIpc) is 2.91. The van der Waals surface area contributed by atoms with Gasteiger partial charge >= 0.3 is 6.18 Å². The Labute approximate surface area is 124 Å². The lowest BCUT2D eigenvalue weighted by Gasteiger charge is -2.06. The lowest BCUT2D eigenvalue weighted by Crippen LogP contribution is -2.07. The molecule has 2 aromatic rings. The summed E-state index contributed by atoms with van der Waals surface area (Å²) in [6, 6.07) is 5.43. The smallest absolute Gasteiger partial charge is 0.389 e. The van der Waals surface area contributed by atoms with Crippen LogP contribution in [0.5, 0.6) is 5.88 Å². The van der Waals surface area contributed by atoms with Crippen LogP contribution in [0.25, 0.3) is 11.4 Å². The van der Waals surface area contributed by atoms with Crippen LogP contribution in [0.4, 0.5) is 13.2 Å². The van der Waals surface area contributed by atoms with E-state index < -0.39 is 12.6 Å². The minimum atomic E-state index is -4.08. The van der Waals surface area contributed by atoms with Crippen molar-refractivity contribution in [2.24, 2.45) is 0 Å². The molecule has 4 nitrogen and oxygen atoms in total. The molecule has 0 fully saturated rings. The topological polar surface area (TPSA) is 47.9 Å². The Hall–Kier alpha value is -1.70. The molecule has 21 heavy (non-hydrogen) atoms. The van der Waals surface area contributed by atoms with Crippen molar-refractivity contribution in [3.63, 3.8) is 0 Å². The van der Waals surface area contributed by atoms with Crippen LogP contribution in [-0.2, 0) is 0 Å². The minimum absolute atomic E-state index is 0.120. The van der Waals surface area contributed by atoms with E-state index in [9.17, 15) is 13.2 Å². The van der Waals surface area contributed by atoms with Gasteiger partial charge in [0.25, 0.3) is 5.88 Å². The number of ether oxygens (including phenoxy) is 1. The second-order valence-electron chi connectivity index (χ2n) is 4.41. The lowest BCUT2D eigenvalue weighted by atomic mass is 10.2. The van der Waals surface area contributed by atoms with Crippen molar-refractivity contribution in [2.75, 3.05) is 6.61 Å². The Morgan fingerprint density at radius 1 is 1.10 bits per heavy atom. The summed E-state index contributed by atoms with van der Waals surface area (Å²) in [6.07, 6.45) is -2.04. The van der Waals surface area contributed by atoms with Gasteiger partial charge < -0.3 is 4.74 Å². The maximum atomic E-state index is 12.0. The molecule has 2 rings (SSSR count). The fraction of sp³-hybridized carbons (Fsp3) is 0.462. The quantitative estimate of drug-likeness (QED) is 0.721. The van der Waals surface area contributed by atoms with E-state index >= 15 is 0 Å². The Morgan fingerprint density at radius 3 is 2.67 bits per heavy atom. The zero-order valence-corrected chi connectivity index (χ0v) is 12.0. The van der Waals surface area contributed by atoms with Gasteiger partial charge in [0.15, 0.2) is 5.69 Å². The van der Waals surface area contributed by atoms with E-state index in [1.807, 2.05) is 6.07 Å². The van der Waals surface area contributed by atoms with Crippen LogP contribution >= 0.6 is 11.7 Å². The summed E-state index contributed by atoms with van der Waals surface area (Å²) >= 11 is 1.02. The van der Waals surface area contributed by atoms with E-state index in [0.29, 0.717) is 36.7 Å². The number of alkyl halides is 3. The Morgan fingerprint density at radius 2 is 1.95 bits per heavy atom. The van der Waals surface area contributed by atoms with Gasteiger partial charge in [-0.15, -0.1) is 4.37 Å². The van der Waals surface area contributed by atoms with Crippen LogP contribution in [-0.4, -0.2) is 26.5 Å². The van der Waals surface area contributed by atoms with E-state index in [1.54, 1.807) is 18.3 Å². The first-order valence-corrected chi connectivity index (χ1v) is 7.23. The molecule has 0 aromatic carbocycles. The highest BCUT2D eigenvalue weighted by molar-refractivity contribution is 6.99. The predicted molar refractivity (Wildman–Crippen MR) is 73.2 cm³/mol. The molecule has 0 spiro atoms. The largest absolute Gasteiger partial charge is 0.475 e. The molecule has 0 aliphatic rings. The number of rotatable bonds is 7. The fourth-order valence-corrected chi connectivity index (χ4v) is 2.22. The van der Waals surface area contributed by atoms with Crippen LogP contribution in [0, 0.1) is 0 Å². The highest BCUT2D eigenvalue weighted by Gasteiger charge is 2.25.